The summed E-state index contributed by atoms with van der Waals surface area (Å²) in [5, 5.41) is 25.7. The van der Waals surface area contributed by atoms with Gasteiger partial charge in [-0.05, 0) is 48.2 Å². The third kappa shape index (κ3) is 5.89. The molecule has 9 heteroatoms. The van der Waals surface area contributed by atoms with Crippen molar-refractivity contribution in [3.05, 3.63) is 108 Å². The van der Waals surface area contributed by atoms with Gasteiger partial charge in [0.1, 0.15) is 0 Å². The number of hydrogen-bond acceptors (Lipinski definition) is 5. The van der Waals surface area contributed by atoms with Gasteiger partial charge in [-0.15, -0.1) is 0 Å². The van der Waals surface area contributed by atoms with Gasteiger partial charge >= 0.3 is 0 Å². The number of amides is 3. The molecule has 4 N–H and O–H groups in total. The molecule has 2 aliphatic heterocycles. The monoisotopic (exact) mass is 606 g/mol. The van der Waals surface area contributed by atoms with Crippen LogP contribution in [0.4, 0.5) is 11.4 Å². The standard InChI is InChI=1S/C36H38N4O5/c1-24(9-7-15-34(43)39-18-8-12-28(39)23-41)36(45)30-20-27(38-33(42)19-26-21-37-31-14-6-5-13-29(26)31)16-17-32(30)40(35(36)44)22-25-10-3-2-4-11-25/h2-7,9-11,13-14,16-17,20-21,24,28,37,41,45H,8,12,15,18-19,22-23H2,1H3,(H,38,42)/b9-7+/t24-,28+,36+/m1/s1. The van der Waals surface area contributed by atoms with Crippen molar-refractivity contribution in [3.8, 4) is 0 Å². The van der Waals surface area contributed by atoms with E-state index in [2.05, 4.69) is 10.3 Å². The average Bonchev–Trinajstić information content (AvgIpc) is 3.75. The Morgan fingerprint density at radius 3 is 2.69 bits per heavy atom. The number of nitrogens with zero attached hydrogens (tertiary/aromatic N) is 2. The minimum Gasteiger partial charge on any atom is -0.394 e. The molecular formula is C36H38N4O5. The number of H-pyrrole nitrogens is 1. The number of aliphatic hydroxyl groups excluding tert-OH is 1. The van der Waals surface area contributed by atoms with Crippen molar-refractivity contribution >= 4 is 40.0 Å². The van der Waals surface area contributed by atoms with Crippen LogP contribution >= 0.6 is 0 Å². The first-order valence-corrected chi connectivity index (χ1v) is 15.4. The van der Waals surface area contributed by atoms with Crippen LogP contribution in [-0.2, 0) is 33.0 Å². The maximum atomic E-state index is 14.0. The number of carbonyl (C=O) groups is 3. The van der Waals surface area contributed by atoms with E-state index in [1.54, 1.807) is 47.1 Å². The predicted molar refractivity (Wildman–Crippen MR) is 173 cm³/mol. The molecule has 3 amide bonds. The Morgan fingerprint density at radius 1 is 1.11 bits per heavy atom. The van der Waals surface area contributed by atoms with Crippen molar-refractivity contribution in [1.29, 1.82) is 0 Å². The Morgan fingerprint density at radius 2 is 1.89 bits per heavy atom. The minimum atomic E-state index is -1.91. The molecule has 0 bridgehead atoms. The SMILES string of the molecule is C[C@H](/C=C/CC(=O)N1CCC[C@H]1CO)[C@@]1(O)C(=O)N(Cc2ccccc2)c2ccc(NC(=O)Cc3c[nH]c4ccccc34)cc21. The number of hydrogen-bond donors (Lipinski definition) is 4. The van der Waals surface area contributed by atoms with Crippen molar-refractivity contribution in [1.82, 2.24) is 9.88 Å². The third-order valence-corrected chi connectivity index (χ3v) is 9.05. The summed E-state index contributed by atoms with van der Waals surface area (Å²) in [6.45, 7) is 2.58. The van der Waals surface area contributed by atoms with E-state index in [1.165, 1.54) is 0 Å². The zero-order valence-electron chi connectivity index (χ0n) is 25.3. The molecule has 232 valence electrons. The lowest BCUT2D eigenvalue weighted by atomic mass is 9.82. The lowest BCUT2D eigenvalue weighted by molar-refractivity contribution is -0.139. The number of anilines is 2. The lowest BCUT2D eigenvalue weighted by Crippen LogP contribution is -2.44. The van der Waals surface area contributed by atoms with Crippen LogP contribution in [0.3, 0.4) is 0 Å². The summed E-state index contributed by atoms with van der Waals surface area (Å²) in [6.07, 6.45) is 7.14. The van der Waals surface area contributed by atoms with Crippen LogP contribution in [0.25, 0.3) is 10.9 Å². The smallest absolute Gasteiger partial charge is 0.264 e. The first-order valence-electron chi connectivity index (χ1n) is 15.4. The molecule has 1 saturated heterocycles. The van der Waals surface area contributed by atoms with Crippen molar-refractivity contribution in [2.24, 2.45) is 5.92 Å². The topological polar surface area (TPSA) is 126 Å². The lowest BCUT2D eigenvalue weighted by Gasteiger charge is -2.28. The molecule has 9 nitrogen and oxygen atoms in total. The zero-order chi connectivity index (χ0) is 31.6. The van der Waals surface area contributed by atoms with Gasteiger partial charge in [-0.3, -0.25) is 14.4 Å². The molecule has 0 radical (unpaired) electrons. The molecule has 0 saturated carbocycles. The van der Waals surface area contributed by atoms with Crippen LogP contribution < -0.4 is 10.2 Å². The second-order valence-electron chi connectivity index (χ2n) is 11.9. The summed E-state index contributed by atoms with van der Waals surface area (Å²) in [6, 6.07) is 22.4. The van der Waals surface area contributed by atoms with Crippen LogP contribution in [0.5, 0.6) is 0 Å². The molecule has 6 rings (SSSR count). The molecule has 3 atom stereocenters. The van der Waals surface area contributed by atoms with E-state index in [1.807, 2.05) is 60.8 Å². The summed E-state index contributed by atoms with van der Waals surface area (Å²) in [5.41, 5.74) is 2.27. The quantitative estimate of drug-likeness (QED) is 0.196. The summed E-state index contributed by atoms with van der Waals surface area (Å²) >= 11 is 0. The molecule has 3 heterocycles. The van der Waals surface area contributed by atoms with Gasteiger partial charge in [-0.25, -0.2) is 0 Å². The summed E-state index contributed by atoms with van der Waals surface area (Å²) in [7, 11) is 0. The number of aromatic nitrogens is 1. The fourth-order valence-corrected chi connectivity index (χ4v) is 6.59. The summed E-state index contributed by atoms with van der Waals surface area (Å²) in [5.74, 6) is -1.46. The molecule has 4 aromatic rings. The number of aliphatic hydroxyl groups is 2. The van der Waals surface area contributed by atoms with Crippen LogP contribution in [0.2, 0.25) is 0 Å². The van der Waals surface area contributed by atoms with E-state index in [0.29, 0.717) is 23.5 Å². The molecule has 2 aliphatic rings. The second-order valence-corrected chi connectivity index (χ2v) is 11.9. The van der Waals surface area contributed by atoms with E-state index < -0.39 is 17.4 Å². The Kier molecular flexibility index (Phi) is 8.56. The largest absolute Gasteiger partial charge is 0.394 e. The highest BCUT2D eigenvalue weighted by Crippen LogP contribution is 2.47. The van der Waals surface area contributed by atoms with Gasteiger partial charge < -0.3 is 30.3 Å². The molecule has 0 spiro atoms. The van der Waals surface area contributed by atoms with E-state index in [0.717, 1.165) is 34.9 Å². The number of nitrogens with one attached hydrogen (secondary N) is 2. The highest BCUT2D eigenvalue weighted by atomic mass is 16.3. The van der Waals surface area contributed by atoms with Gasteiger partial charge in [-0.1, -0.05) is 67.6 Å². The van der Waals surface area contributed by atoms with Gasteiger partial charge in [0.25, 0.3) is 5.91 Å². The Bertz CT molecular complexity index is 1750. The fourth-order valence-electron chi connectivity index (χ4n) is 6.59. The first kappa shape index (κ1) is 30.3. The predicted octanol–water partition coefficient (Wildman–Crippen LogP) is 4.65. The van der Waals surface area contributed by atoms with Crippen LogP contribution in [0.1, 0.15) is 42.9 Å². The van der Waals surface area contributed by atoms with E-state index in [-0.39, 0.29) is 43.8 Å². The summed E-state index contributed by atoms with van der Waals surface area (Å²) < 4.78 is 0. The normalized spacial score (nSPS) is 20.2. The molecule has 0 unspecified atom stereocenters. The van der Waals surface area contributed by atoms with Crippen molar-refractivity contribution in [2.75, 3.05) is 23.4 Å². The van der Waals surface area contributed by atoms with E-state index in [4.69, 9.17) is 0 Å². The number of para-hydroxylation sites is 1. The minimum absolute atomic E-state index is 0.0607. The molecule has 3 aromatic carbocycles. The van der Waals surface area contributed by atoms with Gasteiger partial charge in [0, 0.05) is 47.2 Å². The maximum Gasteiger partial charge on any atom is 0.264 e. The highest BCUT2D eigenvalue weighted by molar-refractivity contribution is 6.08. The van der Waals surface area contributed by atoms with Crippen LogP contribution in [0.15, 0.2) is 91.1 Å². The van der Waals surface area contributed by atoms with Crippen molar-refractivity contribution < 1.29 is 24.6 Å². The number of carbonyl (C=O) groups excluding carboxylic acids is 3. The van der Waals surface area contributed by atoms with Crippen molar-refractivity contribution in [2.45, 2.75) is 50.8 Å². The molecular weight excluding hydrogens is 568 g/mol. The highest BCUT2D eigenvalue weighted by Gasteiger charge is 2.52. The second kappa shape index (κ2) is 12.7. The Balaban J connectivity index is 1.25. The average molecular weight is 607 g/mol. The first-order chi connectivity index (χ1) is 21.8. The Labute approximate surface area is 262 Å². The molecule has 1 fully saturated rings. The van der Waals surface area contributed by atoms with E-state index in [9.17, 15) is 24.6 Å². The van der Waals surface area contributed by atoms with Gasteiger partial charge in [0.2, 0.25) is 11.8 Å². The number of benzene rings is 3. The van der Waals surface area contributed by atoms with Crippen molar-refractivity contribution in [3.63, 3.8) is 0 Å². The molecule has 0 aliphatic carbocycles. The Hall–Kier alpha value is -4.73. The van der Waals surface area contributed by atoms with Gasteiger partial charge in [-0.2, -0.15) is 0 Å². The summed E-state index contributed by atoms with van der Waals surface area (Å²) in [4.78, 5) is 46.5. The molecule has 45 heavy (non-hydrogen) atoms. The number of likely N-dealkylation sites (tertiary alicyclic amines) is 1. The number of aromatic amines is 1. The number of fused-ring (bicyclic) bond motifs is 2. The van der Waals surface area contributed by atoms with Gasteiger partial charge in [0.15, 0.2) is 5.60 Å². The molecule has 1 aromatic heterocycles. The third-order valence-electron chi connectivity index (χ3n) is 9.05. The van der Waals surface area contributed by atoms with E-state index >= 15 is 0 Å². The number of rotatable bonds is 10. The van der Waals surface area contributed by atoms with Gasteiger partial charge in [0.05, 0.1) is 31.3 Å². The maximum absolute atomic E-state index is 14.0. The zero-order valence-corrected chi connectivity index (χ0v) is 25.3. The van der Waals surface area contributed by atoms with Crippen LogP contribution in [-0.4, -0.2) is 57.0 Å². The van der Waals surface area contributed by atoms with Crippen LogP contribution in [0, 0.1) is 5.92 Å². The fraction of sp³-hybridized carbons (Fsp3) is 0.306.